The first-order valence-corrected chi connectivity index (χ1v) is 19.3. The molecule has 0 spiro atoms. The molecule has 9 aromatic carbocycles. The zero-order chi connectivity index (χ0) is 37.7. The molecule has 0 aliphatic heterocycles. The van der Waals surface area contributed by atoms with Gasteiger partial charge in [0, 0.05) is 49.7 Å². The van der Waals surface area contributed by atoms with Crippen LogP contribution in [0.1, 0.15) is 0 Å². The third-order valence-electron chi connectivity index (χ3n) is 11.1. The summed E-state index contributed by atoms with van der Waals surface area (Å²) in [5.74, 6) is 0. The molecule has 2 heterocycles. The summed E-state index contributed by atoms with van der Waals surface area (Å²) in [6.45, 7) is 0. The minimum Gasteiger partial charge on any atom is -0.455 e. The lowest BCUT2D eigenvalue weighted by Crippen LogP contribution is -2.10. The largest absolute Gasteiger partial charge is 0.455 e. The molecule has 0 atom stereocenters. The second kappa shape index (κ2) is 13.6. The summed E-state index contributed by atoms with van der Waals surface area (Å²) in [5.41, 5.74) is 15.9. The number of anilines is 3. The van der Waals surface area contributed by atoms with Gasteiger partial charge in [-0.25, -0.2) is 0 Å². The quantitative estimate of drug-likeness (QED) is 0.164. The number of fused-ring (bicyclic) bond motifs is 6. The maximum absolute atomic E-state index is 6.48. The van der Waals surface area contributed by atoms with Gasteiger partial charge >= 0.3 is 0 Å². The van der Waals surface area contributed by atoms with Crippen LogP contribution in [-0.4, -0.2) is 0 Å². The smallest absolute Gasteiger partial charge is 0.143 e. The van der Waals surface area contributed by atoms with Gasteiger partial charge in [-0.2, -0.15) is 0 Å². The van der Waals surface area contributed by atoms with Gasteiger partial charge in [-0.15, -0.1) is 0 Å². The van der Waals surface area contributed by atoms with Gasteiger partial charge in [0.25, 0.3) is 0 Å². The Hall–Kier alpha value is -7.62. The molecule has 268 valence electrons. The van der Waals surface area contributed by atoms with Crippen molar-refractivity contribution in [2.75, 3.05) is 4.90 Å². The normalized spacial score (nSPS) is 11.5. The van der Waals surface area contributed by atoms with Crippen LogP contribution in [0, 0.1) is 0 Å². The maximum atomic E-state index is 6.48. The third-order valence-corrected chi connectivity index (χ3v) is 11.1. The fourth-order valence-corrected chi connectivity index (χ4v) is 8.29. The molecule has 0 radical (unpaired) electrons. The van der Waals surface area contributed by atoms with Crippen LogP contribution in [0.3, 0.4) is 0 Å². The predicted molar refractivity (Wildman–Crippen MR) is 237 cm³/mol. The number of para-hydroxylation sites is 4. The summed E-state index contributed by atoms with van der Waals surface area (Å²) < 4.78 is 12.9. The Kier molecular flexibility index (Phi) is 7.82. The number of furan rings is 2. The molecular weight excluding hydrogens is 695 g/mol. The molecule has 0 aliphatic carbocycles. The van der Waals surface area contributed by atoms with Crippen LogP contribution in [0.25, 0.3) is 88.4 Å². The molecule has 57 heavy (non-hydrogen) atoms. The summed E-state index contributed by atoms with van der Waals surface area (Å²) in [4.78, 5) is 2.33. The molecule has 3 nitrogen and oxygen atoms in total. The van der Waals surface area contributed by atoms with E-state index in [0.717, 1.165) is 88.8 Å². The molecule has 11 aromatic rings. The Morgan fingerprint density at radius 1 is 0.263 bits per heavy atom. The average molecular weight is 730 g/mol. The number of hydrogen-bond donors (Lipinski definition) is 0. The first kappa shape index (κ1) is 32.8. The van der Waals surface area contributed by atoms with Crippen LogP contribution in [-0.2, 0) is 0 Å². The Balaban J connectivity index is 1.00. The van der Waals surface area contributed by atoms with Crippen molar-refractivity contribution in [2.24, 2.45) is 0 Å². The second-order valence-corrected chi connectivity index (χ2v) is 14.5. The molecule has 0 saturated carbocycles. The first-order valence-electron chi connectivity index (χ1n) is 19.3. The first-order chi connectivity index (χ1) is 28.2. The predicted octanol–water partition coefficient (Wildman–Crippen LogP) is 15.6. The van der Waals surface area contributed by atoms with Crippen LogP contribution in [0.15, 0.2) is 221 Å². The Morgan fingerprint density at radius 2 is 0.667 bits per heavy atom. The summed E-state index contributed by atoms with van der Waals surface area (Å²) in [7, 11) is 0. The van der Waals surface area contributed by atoms with Crippen molar-refractivity contribution in [1.82, 2.24) is 0 Å². The van der Waals surface area contributed by atoms with E-state index in [1.54, 1.807) is 0 Å². The Bertz CT molecular complexity index is 3210. The van der Waals surface area contributed by atoms with Gasteiger partial charge in [0.05, 0.1) is 0 Å². The lowest BCUT2D eigenvalue weighted by Gasteiger charge is -2.26. The van der Waals surface area contributed by atoms with E-state index in [0.29, 0.717) is 0 Å². The average Bonchev–Trinajstić information content (AvgIpc) is 3.86. The fourth-order valence-electron chi connectivity index (χ4n) is 8.29. The number of benzene rings is 9. The minimum atomic E-state index is 0.894. The van der Waals surface area contributed by atoms with E-state index in [9.17, 15) is 0 Å². The monoisotopic (exact) mass is 729 g/mol. The Morgan fingerprint density at radius 3 is 1.23 bits per heavy atom. The zero-order valence-electron chi connectivity index (χ0n) is 31.0. The molecule has 0 fully saturated rings. The van der Waals surface area contributed by atoms with Crippen molar-refractivity contribution in [2.45, 2.75) is 0 Å². The molecular formula is C54H35NO2. The highest BCUT2D eigenvalue weighted by Gasteiger charge is 2.18. The van der Waals surface area contributed by atoms with Gasteiger partial charge in [0.1, 0.15) is 22.3 Å². The van der Waals surface area contributed by atoms with Crippen molar-refractivity contribution < 1.29 is 8.83 Å². The van der Waals surface area contributed by atoms with Crippen LogP contribution in [0.2, 0.25) is 0 Å². The number of rotatable bonds is 7. The third kappa shape index (κ3) is 5.76. The van der Waals surface area contributed by atoms with Crippen LogP contribution in [0.4, 0.5) is 17.1 Å². The van der Waals surface area contributed by atoms with E-state index >= 15 is 0 Å². The summed E-state index contributed by atoms with van der Waals surface area (Å²) >= 11 is 0. The van der Waals surface area contributed by atoms with Crippen molar-refractivity contribution in [3.63, 3.8) is 0 Å². The Labute approximate surface area is 330 Å². The van der Waals surface area contributed by atoms with Gasteiger partial charge in [-0.05, 0) is 81.9 Å². The molecule has 3 heteroatoms. The molecule has 0 aliphatic rings. The fraction of sp³-hybridized carbons (Fsp3) is 0. The summed E-state index contributed by atoms with van der Waals surface area (Å²) in [5, 5.41) is 4.50. The lowest BCUT2D eigenvalue weighted by molar-refractivity contribution is 0.669. The highest BCUT2D eigenvalue weighted by Crippen LogP contribution is 2.42. The van der Waals surface area contributed by atoms with Gasteiger partial charge < -0.3 is 13.7 Å². The highest BCUT2D eigenvalue weighted by atomic mass is 16.3. The van der Waals surface area contributed by atoms with E-state index < -0.39 is 0 Å². The van der Waals surface area contributed by atoms with E-state index in [4.69, 9.17) is 8.83 Å². The van der Waals surface area contributed by atoms with E-state index in [1.165, 1.54) is 16.7 Å². The van der Waals surface area contributed by atoms with Crippen molar-refractivity contribution >= 4 is 60.9 Å². The van der Waals surface area contributed by atoms with Crippen molar-refractivity contribution in [1.29, 1.82) is 0 Å². The van der Waals surface area contributed by atoms with E-state index in [2.05, 4.69) is 193 Å². The van der Waals surface area contributed by atoms with Gasteiger partial charge in [-0.1, -0.05) is 164 Å². The molecule has 0 N–H and O–H groups in total. The van der Waals surface area contributed by atoms with Crippen LogP contribution < -0.4 is 4.90 Å². The van der Waals surface area contributed by atoms with Crippen molar-refractivity contribution in [3.05, 3.63) is 212 Å². The van der Waals surface area contributed by atoms with Crippen molar-refractivity contribution in [3.8, 4) is 44.5 Å². The minimum absolute atomic E-state index is 0.894. The lowest BCUT2D eigenvalue weighted by atomic mass is 9.99. The SMILES string of the molecule is c1ccc(-c2ccc(-c3ccc(N(c4ccc(-c5cccc6c5oc5ccccc56)cc4)c4cccc(-c5cccc6c5oc5ccccc56)c4)cc3)cc2)cc1. The van der Waals surface area contributed by atoms with Crippen LogP contribution >= 0.6 is 0 Å². The maximum Gasteiger partial charge on any atom is 0.143 e. The van der Waals surface area contributed by atoms with E-state index in [-0.39, 0.29) is 0 Å². The second-order valence-electron chi connectivity index (χ2n) is 14.5. The topological polar surface area (TPSA) is 29.5 Å². The highest BCUT2D eigenvalue weighted by molar-refractivity contribution is 6.10. The summed E-state index contributed by atoms with van der Waals surface area (Å²) in [6.07, 6.45) is 0. The number of hydrogen-bond acceptors (Lipinski definition) is 3. The molecule has 0 amide bonds. The van der Waals surface area contributed by atoms with Gasteiger partial charge in [-0.3, -0.25) is 0 Å². The van der Waals surface area contributed by atoms with Crippen LogP contribution in [0.5, 0.6) is 0 Å². The van der Waals surface area contributed by atoms with Gasteiger partial charge in [0.15, 0.2) is 0 Å². The summed E-state index contributed by atoms with van der Waals surface area (Å²) in [6, 6.07) is 75.1. The molecule has 0 saturated heterocycles. The van der Waals surface area contributed by atoms with Gasteiger partial charge in [0.2, 0.25) is 0 Å². The molecule has 2 aromatic heterocycles. The van der Waals surface area contributed by atoms with E-state index in [1.807, 2.05) is 24.3 Å². The molecule has 0 bridgehead atoms. The zero-order valence-corrected chi connectivity index (χ0v) is 31.0. The standard InChI is InChI=1S/C54H35NO2/c1-2-11-36(12-3-1)37-23-25-38(26-24-37)39-27-31-42(32-28-39)55(43-33-29-40(30-34-43)45-17-9-19-49-47-15-4-6-21-51(47)56-53(45)49)44-14-8-13-41(35-44)46-18-10-20-50-48-16-5-7-22-52(48)57-54(46)50/h1-35H. The number of nitrogens with zero attached hydrogens (tertiary/aromatic N) is 1. The molecule has 11 rings (SSSR count). The molecule has 0 unspecified atom stereocenters.